The number of anilines is 1. The van der Waals surface area contributed by atoms with Gasteiger partial charge in [-0.05, 0) is 37.8 Å². The molecule has 1 unspecified atom stereocenters. The number of rotatable bonds is 4. The van der Waals surface area contributed by atoms with Crippen molar-refractivity contribution >= 4 is 17.5 Å². The molecule has 2 aliphatic heterocycles. The lowest BCUT2D eigenvalue weighted by atomic mass is 10.0. The standard InChI is InChI=1S/C19H26N2O4/c1-4-7-17(22)21-11-6-5-8-14(21)18(23)20-13-9-10-15-16(12-13)25-19(2,3)24-15/h9-10,12,14H,4-8,11H2,1-3H3,(H,20,23). The maximum atomic E-state index is 12.7. The molecule has 2 heterocycles. The molecule has 6 nitrogen and oxygen atoms in total. The molecule has 0 aromatic heterocycles. The molecular formula is C19H26N2O4. The SMILES string of the molecule is CCCC(=O)N1CCCCC1C(=O)Nc1ccc2c(c1)OC(C)(C)O2. The molecule has 0 spiro atoms. The van der Waals surface area contributed by atoms with Gasteiger partial charge in [0.15, 0.2) is 11.5 Å². The molecule has 3 rings (SSSR count). The van der Waals surface area contributed by atoms with Crippen LogP contribution in [0.1, 0.15) is 52.9 Å². The van der Waals surface area contributed by atoms with Gasteiger partial charge in [0, 0.05) is 38.6 Å². The lowest BCUT2D eigenvalue weighted by molar-refractivity contribution is -0.140. The topological polar surface area (TPSA) is 67.9 Å². The zero-order chi connectivity index (χ0) is 18.0. The average Bonchev–Trinajstić information content (AvgIpc) is 2.88. The molecule has 0 bridgehead atoms. The van der Waals surface area contributed by atoms with Crippen LogP contribution in [0.4, 0.5) is 5.69 Å². The summed E-state index contributed by atoms with van der Waals surface area (Å²) in [6.07, 6.45) is 3.91. The van der Waals surface area contributed by atoms with Gasteiger partial charge >= 0.3 is 0 Å². The summed E-state index contributed by atoms with van der Waals surface area (Å²) >= 11 is 0. The molecule has 0 radical (unpaired) electrons. The Morgan fingerprint density at radius 1 is 1.24 bits per heavy atom. The molecule has 0 aliphatic carbocycles. The largest absolute Gasteiger partial charge is 0.449 e. The first kappa shape index (κ1) is 17.6. The fourth-order valence-electron chi connectivity index (χ4n) is 3.39. The van der Waals surface area contributed by atoms with Crippen molar-refractivity contribution in [2.24, 2.45) is 0 Å². The van der Waals surface area contributed by atoms with E-state index in [0.29, 0.717) is 36.6 Å². The number of likely N-dealkylation sites (tertiary alicyclic amines) is 1. The van der Waals surface area contributed by atoms with Crippen molar-refractivity contribution < 1.29 is 19.1 Å². The number of ether oxygens (including phenoxy) is 2. The van der Waals surface area contributed by atoms with E-state index in [9.17, 15) is 9.59 Å². The lowest BCUT2D eigenvalue weighted by Gasteiger charge is -2.34. The van der Waals surface area contributed by atoms with Gasteiger partial charge in [0.1, 0.15) is 6.04 Å². The number of nitrogens with one attached hydrogen (secondary N) is 1. The molecule has 25 heavy (non-hydrogen) atoms. The predicted molar refractivity (Wildman–Crippen MR) is 94.7 cm³/mol. The molecule has 0 saturated carbocycles. The van der Waals surface area contributed by atoms with Gasteiger partial charge in [-0.2, -0.15) is 0 Å². The number of fused-ring (bicyclic) bond motifs is 1. The van der Waals surface area contributed by atoms with Crippen LogP contribution in [-0.2, 0) is 9.59 Å². The third-order valence-corrected chi connectivity index (χ3v) is 4.51. The van der Waals surface area contributed by atoms with Gasteiger partial charge in [0.2, 0.25) is 17.6 Å². The van der Waals surface area contributed by atoms with Crippen molar-refractivity contribution in [3.63, 3.8) is 0 Å². The van der Waals surface area contributed by atoms with Gasteiger partial charge in [-0.15, -0.1) is 0 Å². The first-order valence-corrected chi connectivity index (χ1v) is 9.02. The normalized spacial score (nSPS) is 21.1. The Hall–Kier alpha value is -2.24. The van der Waals surface area contributed by atoms with Crippen LogP contribution in [0.5, 0.6) is 11.5 Å². The van der Waals surface area contributed by atoms with Gasteiger partial charge in [-0.1, -0.05) is 6.92 Å². The Morgan fingerprint density at radius 3 is 2.76 bits per heavy atom. The van der Waals surface area contributed by atoms with Crippen LogP contribution in [0.2, 0.25) is 0 Å². The number of carbonyl (C=O) groups is 2. The molecule has 136 valence electrons. The Labute approximate surface area is 148 Å². The third-order valence-electron chi connectivity index (χ3n) is 4.51. The molecule has 1 saturated heterocycles. The monoisotopic (exact) mass is 346 g/mol. The summed E-state index contributed by atoms with van der Waals surface area (Å²) in [4.78, 5) is 26.8. The van der Waals surface area contributed by atoms with Gasteiger partial charge < -0.3 is 19.7 Å². The zero-order valence-electron chi connectivity index (χ0n) is 15.1. The minimum atomic E-state index is -0.697. The molecule has 1 aromatic rings. The fourth-order valence-corrected chi connectivity index (χ4v) is 3.39. The number of carbonyl (C=O) groups excluding carboxylic acids is 2. The maximum absolute atomic E-state index is 12.7. The summed E-state index contributed by atoms with van der Waals surface area (Å²) in [5.74, 6) is 0.514. The Balaban J connectivity index is 1.70. The van der Waals surface area contributed by atoms with Crippen molar-refractivity contribution in [1.29, 1.82) is 0 Å². The zero-order valence-corrected chi connectivity index (χ0v) is 15.1. The number of benzene rings is 1. The Morgan fingerprint density at radius 2 is 2.00 bits per heavy atom. The first-order chi connectivity index (χ1) is 11.9. The lowest BCUT2D eigenvalue weighted by Crippen LogP contribution is -2.49. The molecule has 2 amide bonds. The highest BCUT2D eigenvalue weighted by Gasteiger charge is 2.33. The maximum Gasteiger partial charge on any atom is 0.247 e. The van der Waals surface area contributed by atoms with Crippen molar-refractivity contribution in [3.05, 3.63) is 18.2 Å². The van der Waals surface area contributed by atoms with Crippen LogP contribution in [-0.4, -0.2) is 35.1 Å². The number of hydrogen-bond donors (Lipinski definition) is 1. The summed E-state index contributed by atoms with van der Waals surface area (Å²) in [7, 11) is 0. The van der Waals surface area contributed by atoms with Crippen LogP contribution in [0.25, 0.3) is 0 Å². The molecule has 1 atom stereocenters. The minimum Gasteiger partial charge on any atom is -0.449 e. The van der Waals surface area contributed by atoms with Gasteiger partial charge in [-0.3, -0.25) is 9.59 Å². The van der Waals surface area contributed by atoms with E-state index in [-0.39, 0.29) is 11.8 Å². The minimum absolute atomic E-state index is 0.0646. The van der Waals surface area contributed by atoms with Gasteiger partial charge in [0.25, 0.3) is 0 Å². The highest BCUT2D eigenvalue weighted by atomic mass is 16.7. The van der Waals surface area contributed by atoms with Crippen molar-refractivity contribution in [2.75, 3.05) is 11.9 Å². The van der Waals surface area contributed by atoms with Gasteiger partial charge in [0.05, 0.1) is 0 Å². The summed E-state index contributed by atoms with van der Waals surface area (Å²) < 4.78 is 11.4. The molecule has 1 aromatic carbocycles. The highest BCUT2D eigenvalue weighted by molar-refractivity contribution is 5.97. The predicted octanol–water partition coefficient (Wildman–Crippen LogP) is 3.31. The van der Waals surface area contributed by atoms with Crippen LogP contribution in [0, 0.1) is 0 Å². The van der Waals surface area contributed by atoms with Crippen molar-refractivity contribution in [1.82, 2.24) is 4.90 Å². The first-order valence-electron chi connectivity index (χ1n) is 9.02. The molecule has 2 aliphatic rings. The average molecular weight is 346 g/mol. The molecular weight excluding hydrogens is 320 g/mol. The molecule has 1 N–H and O–H groups in total. The summed E-state index contributed by atoms with van der Waals surface area (Å²) in [6, 6.07) is 4.96. The third kappa shape index (κ3) is 3.89. The van der Waals surface area contributed by atoms with Crippen LogP contribution in [0.15, 0.2) is 18.2 Å². The second kappa shape index (κ2) is 6.94. The summed E-state index contributed by atoms with van der Waals surface area (Å²) in [6.45, 7) is 6.31. The van der Waals surface area contributed by atoms with E-state index in [1.54, 1.807) is 23.1 Å². The number of hydrogen-bond acceptors (Lipinski definition) is 4. The Kier molecular flexibility index (Phi) is 4.88. The van der Waals surface area contributed by atoms with Crippen LogP contribution < -0.4 is 14.8 Å². The second-order valence-electron chi connectivity index (χ2n) is 7.10. The van der Waals surface area contributed by atoms with Crippen molar-refractivity contribution in [3.8, 4) is 11.5 Å². The quantitative estimate of drug-likeness (QED) is 0.908. The van der Waals surface area contributed by atoms with E-state index in [1.165, 1.54) is 0 Å². The summed E-state index contributed by atoms with van der Waals surface area (Å²) in [5, 5.41) is 2.93. The number of amides is 2. The Bertz CT molecular complexity index is 671. The number of piperidine rings is 1. The van der Waals surface area contributed by atoms with E-state index < -0.39 is 11.8 Å². The highest BCUT2D eigenvalue weighted by Crippen LogP contribution is 2.40. The van der Waals surface area contributed by atoms with E-state index in [0.717, 1.165) is 19.3 Å². The molecule has 6 heteroatoms. The summed E-state index contributed by atoms with van der Waals surface area (Å²) in [5.41, 5.74) is 0.651. The molecule has 1 fully saturated rings. The van der Waals surface area contributed by atoms with Crippen LogP contribution in [0.3, 0.4) is 0 Å². The fraction of sp³-hybridized carbons (Fsp3) is 0.579. The van der Waals surface area contributed by atoms with Gasteiger partial charge in [-0.25, -0.2) is 0 Å². The second-order valence-corrected chi connectivity index (χ2v) is 7.10. The number of nitrogens with zero attached hydrogens (tertiary/aromatic N) is 1. The van der Waals surface area contributed by atoms with Crippen molar-refractivity contribution in [2.45, 2.75) is 64.7 Å². The smallest absolute Gasteiger partial charge is 0.247 e. The van der Waals surface area contributed by atoms with E-state index in [4.69, 9.17) is 9.47 Å². The van der Waals surface area contributed by atoms with Crippen LogP contribution >= 0.6 is 0 Å². The van der Waals surface area contributed by atoms with E-state index in [2.05, 4.69) is 5.32 Å². The van der Waals surface area contributed by atoms with E-state index in [1.807, 2.05) is 20.8 Å². The van der Waals surface area contributed by atoms with E-state index >= 15 is 0 Å².